The van der Waals surface area contributed by atoms with Crippen LogP contribution < -0.4 is 0 Å². The van der Waals surface area contributed by atoms with E-state index in [0.29, 0.717) is 6.42 Å². The van der Waals surface area contributed by atoms with Gasteiger partial charge in [-0.3, -0.25) is 0 Å². The summed E-state index contributed by atoms with van der Waals surface area (Å²) in [5, 5.41) is 18.8. The predicted octanol–water partition coefficient (Wildman–Crippen LogP) is 0.589. The van der Waals surface area contributed by atoms with Crippen LogP contribution in [-0.4, -0.2) is 28.7 Å². The van der Waals surface area contributed by atoms with Gasteiger partial charge in [0.05, 0.1) is 12.2 Å². The van der Waals surface area contributed by atoms with Gasteiger partial charge in [-0.05, 0) is 12.3 Å². The molecule has 0 unspecified atom stereocenters. The number of rotatable bonds is 5. The van der Waals surface area contributed by atoms with E-state index in [2.05, 4.69) is 0 Å². The molecule has 0 aliphatic carbocycles. The fourth-order valence-corrected chi connectivity index (χ4v) is 1.03. The fraction of sp³-hybridized carbons (Fsp3) is 0.889. The van der Waals surface area contributed by atoms with Crippen molar-refractivity contribution in [1.82, 2.24) is 0 Å². The number of carbonyl (C=O) groups is 1. The number of aliphatic hydroxyl groups excluding tert-OH is 2. The molecule has 0 saturated carbocycles. The molecular weight excluding hydrogens is 156 g/mol. The first-order valence-corrected chi connectivity index (χ1v) is 4.36. The average molecular weight is 174 g/mol. The molecule has 0 spiro atoms. The summed E-state index contributed by atoms with van der Waals surface area (Å²) >= 11 is 0. The van der Waals surface area contributed by atoms with Crippen molar-refractivity contribution in [3.63, 3.8) is 0 Å². The Morgan fingerprint density at radius 2 is 1.83 bits per heavy atom. The second kappa shape index (κ2) is 5.27. The Kier molecular flexibility index (Phi) is 5.09. The van der Waals surface area contributed by atoms with Gasteiger partial charge in [0.15, 0.2) is 0 Å². The van der Waals surface area contributed by atoms with Crippen LogP contribution in [-0.2, 0) is 4.79 Å². The van der Waals surface area contributed by atoms with Crippen LogP contribution in [0.5, 0.6) is 0 Å². The summed E-state index contributed by atoms with van der Waals surface area (Å²) in [6.07, 6.45) is -0.203. The van der Waals surface area contributed by atoms with E-state index in [9.17, 15) is 15.0 Å². The van der Waals surface area contributed by atoms with Crippen molar-refractivity contribution < 1.29 is 15.0 Å². The minimum atomic E-state index is -0.796. The van der Waals surface area contributed by atoms with Gasteiger partial charge < -0.3 is 15.0 Å². The quantitative estimate of drug-likeness (QED) is 0.600. The highest BCUT2D eigenvalue weighted by Crippen LogP contribution is 2.17. The first kappa shape index (κ1) is 11.6. The number of aldehydes is 1. The molecule has 2 N–H and O–H groups in total. The van der Waals surface area contributed by atoms with Crippen LogP contribution in [0.15, 0.2) is 0 Å². The van der Waals surface area contributed by atoms with E-state index < -0.39 is 12.2 Å². The van der Waals surface area contributed by atoms with E-state index in [1.165, 1.54) is 0 Å². The van der Waals surface area contributed by atoms with Gasteiger partial charge >= 0.3 is 0 Å². The first-order valence-electron chi connectivity index (χ1n) is 4.36. The highest BCUT2D eigenvalue weighted by Gasteiger charge is 2.25. The molecule has 0 aromatic heterocycles. The van der Waals surface area contributed by atoms with Crippen molar-refractivity contribution in [1.29, 1.82) is 0 Å². The molecule has 4 atom stereocenters. The van der Waals surface area contributed by atoms with Crippen LogP contribution in [0.25, 0.3) is 0 Å². The summed E-state index contributed by atoms with van der Waals surface area (Å²) in [5.74, 6) is -0.390. The van der Waals surface area contributed by atoms with Crippen molar-refractivity contribution >= 4 is 6.29 Å². The van der Waals surface area contributed by atoms with Gasteiger partial charge in [0.2, 0.25) is 0 Å². The maximum Gasteiger partial charge on any atom is 0.123 e. The topological polar surface area (TPSA) is 57.5 Å². The molecule has 3 heteroatoms. The van der Waals surface area contributed by atoms with Gasteiger partial charge in [-0.1, -0.05) is 20.8 Å². The molecule has 0 amide bonds. The largest absolute Gasteiger partial charge is 0.390 e. The van der Waals surface area contributed by atoms with Crippen LogP contribution in [0, 0.1) is 11.8 Å². The van der Waals surface area contributed by atoms with Crippen LogP contribution in [0.2, 0.25) is 0 Å². The lowest BCUT2D eigenvalue weighted by atomic mass is 9.88. The van der Waals surface area contributed by atoms with Crippen molar-refractivity contribution in [3.05, 3.63) is 0 Å². The Morgan fingerprint density at radius 1 is 1.33 bits per heavy atom. The van der Waals surface area contributed by atoms with Crippen LogP contribution in [0.3, 0.4) is 0 Å². The van der Waals surface area contributed by atoms with E-state index in [4.69, 9.17) is 0 Å². The lowest BCUT2D eigenvalue weighted by Gasteiger charge is -2.24. The molecule has 0 aromatic rings. The third-order valence-electron chi connectivity index (χ3n) is 2.40. The third-order valence-corrected chi connectivity index (χ3v) is 2.40. The molecule has 0 heterocycles. The predicted molar refractivity (Wildman–Crippen MR) is 46.7 cm³/mol. The highest BCUT2D eigenvalue weighted by atomic mass is 16.3. The van der Waals surface area contributed by atoms with Gasteiger partial charge in [0, 0.05) is 5.92 Å². The minimum Gasteiger partial charge on any atom is -0.390 e. The van der Waals surface area contributed by atoms with E-state index >= 15 is 0 Å². The normalized spacial score (nSPS) is 21.1. The smallest absolute Gasteiger partial charge is 0.123 e. The van der Waals surface area contributed by atoms with Gasteiger partial charge in [-0.2, -0.15) is 0 Å². The van der Waals surface area contributed by atoms with Crippen LogP contribution in [0.4, 0.5) is 0 Å². The molecule has 0 fully saturated rings. The Labute approximate surface area is 73.4 Å². The number of aliphatic hydroxyl groups is 2. The first-order chi connectivity index (χ1) is 5.54. The van der Waals surface area contributed by atoms with Gasteiger partial charge in [0.1, 0.15) is 6.29 Å². The van der Waals surface area contributed by atoms with Crippen molar-refractivity contribution in [2.45, 2.75) is 39.4 Å². The SMILES string of the molecule is CC[C@@H](O)[C@H](O)[C@H](C)[C@H](C)C=O. The second-order valence-electron chi connectivity index (χ2n) is 3.32. The lowest BCUT2D eigenvalue weighted by molar-refractivity contribution is -0.114. The Hall–Kier alpha value is -0.410. The standard InChI is InChI=1S/C9H18O3/c1-4-8(11)9(12)7(3)6(2)5-10/h5-9,11-12H,4H2,1-3H3/t6-,7-,8-,9-/m1/s1. The minimum absolute atomic E-state index is 0.183. The molecule has 72 valence electrons. The number of hydrogen-bond acceptors (Lipinski definition) is 3. The molecule has 12 heavy (non-hydrogen) atoms. The molecule has 0 rings (SSSR count). The zero-order valence-corrected chi connectivity index (χ0v) is 7.90. The summed E-state index contributed by atoms with van der Waals surface area (Å²) in [5.41, 5.74) is 0. The average Bonchev–Trinajstić information content (AvgIpc) is 2.12. The zero-order chi connectivity index (χ0) is 9.72. The van der Waals surface area contributed by atoms with Crippen molar-refractivity contribution in [2.75, 3.05) is 0 Å². The van der Waals surface area contributed by atoms with E-state index in [1.807, 2.05) is 0 Å². The molecule has 0 aromatic carbocycles. The molecule has 0 aliphatic heterocycles. The maximum atomic E-state index is 10.4. The fourth-order valence-electron chi connectivity index (χ4n) is 1.03. The van der Waals surface area contributed by atoms with Crippen molar-refractivity contribution in [2.24, 2.45) is 11.8 Å². The maximum absolute atomic E-state index is 10.4. The molecule has 0 aliphatic rings. The summed E-state index contributed by atoms with van der Waals surface area (Å²) in [7, 11) is 0. The molecule has 0 bridgehead atoms. The number of carbonyl (C=O) groups excluding carboxylic acids is 1. The summed E-state index contributed by atoms with van der Waals surface area (Å²) in [4.78, 5) is 10.4. The molecule has 3 nitrogen and oxygen atoms in total. The zero-order valence-electron chi connectivity index (χ0n) is 7.90. The van der Waals surface area contributed by atoms with E-state index in [-0.39, 0.29) is 11.8 Å². The van der Waals surface area contributed by atoms with E-state index in [1.54, 1.807) is 20.8 Å². The Bertz CT molecular complexity index is 136. The summed E-state index contributed by atoms with van der Waals surface area (Å²) in [6.45, 7) is 5.30. The Balaban J connectivity index is 4.07. The van der Waals surface area contributed by atoms with Gasteiger partial charge in [-0.25, -0.2) is 0 Å². The molecule has 0 radical (unpaired) electrons. The molecule has 0 saturated heterocycles. The number of hydrogen-bond donors (Lipinski definition) is 2. The monoisotopic (exact) mass is 174 g/mol. The summed E-state index contributed by atoms with van der Waals surface area (Å²) < 4.78 is 0. The Morgan fingerprint density at radius 3 is 2.17 bits per heavy atom. The van der Waals surface area contributed by atoms with E-state index in [0.717, 1.165) is 6.29 Å². The van der Waals surface area contributed by atoms with Gasteiger partial charge in [-0.15, -0.1) is 0 Å². The summed E-state index contributed by atoms with van der Waals surface area (Å²) in [6, 6.07) is 0. The van der Waals surface area contributed by atoms with Gasteiger partial charge in [0.25, 0.3) is 0 Å². The third kappa shape index (κ3) is 2.91. The van der Waals surface area contributed by atoms with Crippen LogP contribution >= 0.6 is 0 Å². The molecular formula is C9H18O3. The lowest BCUT2D eigenvalue weighted by Crippen LogP contribution is -2.35. The van der Waals surface area contributed by atoms with Crippen LogP contribution in [0.1, 0.15) is 27.2 Å². The van der Waals surface area contributed by atoms with Crippen molar-refractivity contribution in [3.8, 4) is 0 Å². The second-order valence-corrected chi connectivity index (χ2v) is 3.32. The highest BCUT2D eigenvalue weighted by molar-refractivity contribution is 5.53.